The minimum Gasteiger partial charge on any atom is -0.339 e. The van der Waals surface area contributed by atoms with Crippen LogP contribution >= 0.6 is 11.8 Å². The molecule has 0 aliphatic carbocycles. The maximum atomic E-state index is 12.9. The van der Waals surface area contributed by atoms with Crippen molar-refractivity contribution in [2.24, 2.45) is 0 Å². The summed E-state index contributed by atoms with van der Waals surface area (Å²) in [6.07, 6.45) is 3.32. The number of thioether (sulfide) groups is 1. The van der Waals surface area contributed by atoms with E-state index in [1.165, 1.54) is 11.8 Å². The predicted molar refractivity (Wildman–Crippen MR) is 111 cm³/mol. The smallest absolute Gasteiger partial charge is 0.235 e. The van der Waals surface area contributed by atoms with Crippen molar-refractivity contribution in [1.29, 1.82) is 0 Å². The summed E-state index contributed by atoms with van der Waals surface area (Å²) in [4.78, 5) is 26.1. The summed E-state index contributed by atoms with van der Waals surface area (Å²) in [7, 11) is 0. The first-order chi connectivity index (χ1) is 13.7. The molecule has 1 atom stereocenters. The van der Waals surface area contributed by atoms with Crippen LogP contribution < -0.4 is 0 Å². The van der Waals surface area contributed by atoms with Crippen molar-refractivity contribution in [3.8, 4) is 5.69 Å². The van der Waals surface area contributed by atoms with Crippen LogP contribution in [-0.4, -0.2) is 73.4 Å². The number of amides is 1. The summed E-state index contributed by atoms with van der Waals surface area (Å²) >= 11 is 1.48. The lowest BCUT2D eigenvalue weighted by Gasteiger charge is -2.35. The number of hydrogen-bond acceptors (Lipinski definition) is 6. The van der Waals surface area contributed by atoms with Crippen LogP contribution in [0.15, 0.2) is 47.9 Å². The molecule has 2 aromatic heterocycles. The number of fused-ring (bicyclic) bond motifs is 1. The summed E-state index contributed by atoms with van der Waals surface area (Å²) < 4.78 is 1.80. The molecule has 1 aliphatic heterocycles. The fourth-order valence-electron chi connectivity index (χ4n) is 3.43. The van der Waals surface area contributed by atoms with E-state index in [0.717, 1.165) is 54.5 Å². The van der Waals surface area contributed by atoms with Crippen molar-refractivity contribution in [2.75, 3.05) is 32.7 Å². The normalized spacial score (nSPS) is 16.4. The highest BCUT2D eigenvalue weighted by Gasteiger charge is 2.26. The van der Waals surface area contributed by atoms with E-state index in [1.807, 2.05) is 42.2 Å². The maximum absolute atomic E-state index is 12.9. The molecule has 0 spiro atoms. The monoisotopic (exact) mass is 396 g/mol. The highest BCUT2D eigenvalue weighted by molar-refractivity contribution is 8.00. The van der Waals surface area contributed by atoms with Gasteiger partial charge in [0.25, 0.3) is 0 Å². The van der Waals surface area contributed by atoms with Gasteiger partial charge in [0.05, 0.1) is 22.5 Å². The second-order valence-corrected chi connectivity index (χ2v) is 8.16. The molecule has 28 heavy (non-hydrogen) atoms. The number of aromatic nitrogens is 4. The molecule has 0 radical (unpaired) electrons. The van der Waals surface area contributed by atoms with Gasteiger partial charge in [0.2, 0.25) is 5.91 Å². The summed E-state index contributed by atoms with van der Waals surface area (Å²) in [5.41, 5.74) is 1.70. The van der Waals surface area contributed by atoms with Gasteiger partial charge in [-0.25, -0.2) is 14.6 Å². The van der Waals surface area contributed by atoms with E-state index in [2.05, 4.69) is 26.9 Å². The molecule has 0 N–H and O–H groups in total. The summed E-state index contributed by atoms with van der Waals surface area (Å²) in [5, 5.41) is 5.94. The molecule has 1 aliphatic rings. The first kappa shape index (κ1) is 18.9. The summed E-state index contributed by atoms with van der Waals surface area (Å²) in [6, 6.07) is 9.89. The molecule has 1 amide bonds. The van der Waals surface area contributed by atoms with E-state index in [9.17, 15) is 4.79 Å². The van der Waals surface area contributed by atoms with Crippen molar-refractivity contribution < 1.29 is 4.79 Å². The van der Waals surface area contributed by atoms with Gasteiger partial charge >= 0.3 is 0 Å². The molecule has 1 aromatic carbocycles. The Hall–Kier alpha value is -2.45. The van der Waals surface area contributed by atoms with E-state index < -0.39 is 0 Å². The average Bonchev–Trinajstić information content (AvgIpc) is 3.19. The average molecular weight is 397 g/mol. The molecular formula is C20H24N6OS. The largest absolute Gasteiger partial charge is 0.339 e. The fraction of sp³-hybridized carbons (Fsp3) is 0.400. The molecule has 4 rings (SSSR count). The van der Waals surface area contributed by atoms with E-state index in [0.29, 0.717) is 0 Å². The molecular weight excluding hydrogens is 372 g/mol. The van der Waals surface area contributed by atoms with Gasteiger partial charge in [-0.05, 0) is 25.6 Å². The molecule has 146 valence electrons. The minimum absolute atomic E-state index is 0.169. The fourth-order valence-corrected chi connectivity index (χ4v) is 4.40. The zero-order valence-corrected chi connectivity index (χ0v) is 17.0. The Labute approximate surface area is 168 Å². The number of nitrogens with zero attached hydrogens (tertiary/aromatic N) is 6. The van der Waals surface area contributed by atoms with Crippen LogP contribution in [0.3, 0.4) is 0 Å². The van der Waals surface area contributed by atoms with Gasteiger partial charge in [0, 0.05) is 26.2 Å². The quantitative estimate of drug-likeness (QED) is 0.488. The zero-order valence-electron chi connectivity index (χ0n) is 16.2. The van der Waals surface area contributed by atoms with Crippen molar-refractivity contribution in [1.82, 2.24) is 29.5 Å². The van der Waals surface area contributed by atoms with Crippen LogP contribution in [0.2, 0.25) is 0 Å². The van der Waals surface area contributed by atoms with Gasteiger partial charge in [0.1, 0.15) is 11.4 Å². The van der Waals surface area contributed by atoms with Gasteiger partial charge in [-0.1, -0.05) is 36.9 Å². The minimum atomic E-state index is -0.202. The Morgan fingerprint density at radius 2 is 1.89 bits per heavy atom. The third kappa shape index (κ3) is 3.74. The Morgan fingerprint density at radius 1 is 1.14 bits per heavy atom. The van der Waals surface area contributed by atoms with Gasteiger partial charge in [-0.15, -0.1) is 0 Å². The van der Waals surface area contributed by atoms with Gasteiger partial charge in [-0.3, -0.25) is 4.79 Å². The molecule has 1 unspecified atom stereocenters. The number of benzene rings is 1. The van der Waals surface area contributed by atoms with Crippen LogP contribution in [0.5, 0.6) is 0 Å². The predicted octanol–water partition coefficient (Wildman–Crippen LogP) is 2.46. The van der Waals surface area contributed by atoms with E-state index in [1.54, 1.807) is 17.2 Å². The first-order valence-corrected chi connectivity index (χ1v) is 10.5. The molecule has 1 fully saturated rings. The number of carbonyl (C=O) groups excluding carboxylic acids is 1. The number of para-hydroxylation sites is 1. The molecule has 0 bridgehead atoms. The highest BCUT2D eigenvalue weighted by atomic mass is 32.2. The van der Waals surface area contributed by atoms with Crippen LogP contribution in [0, 0.1) is 0 Å². The molecule has 3 aromatic rings. The number of hydrogen-bond donors (Lipinski definition) is 0. The van der Waals surface area contributed by atoms with Crippen LogP contribution in [0.1, 0.15) is 13.8 Å². The van der Waals surface area contributed by atoms with Gasteiger partial charge in [0.15, 0.2) is 5.65 Å². The molecule has 8 heteroatoms. The standard InChI is InChI=1S/C20H24N6OS/c1-3-24-9-11-25(12-10-24)20(27)15(2)28-19-17-13-23-26(18(17)21-14-22-19)16-7-5-4-6-8-16/h4-8,13-15H,3,9-12H2,1-2H3. The van der Waals surface area contributed by atoms with Crippen molar-refractivity contribution in [3.63, 3.8) is 0 Å². The molecule has 0 saturated carbocycles. The second-order valence-electron chi connectivity index (χ2n) is 6.83. The van der Waals surface area contributed by atoms with E-state index in [-0.39, 0.29) is 11.2 Å². The number of piperazine rings is 1. The van der Waals surface area contributed by atoms with Crippen LogP contribution in [0.4, 0.5) is 0 Å². The summed E-state index contributed by atoms with van der Waals surface area (Å²) in [6.45, 7) is 8.63. The number of carbonyl (C=O) groups is 1. The molecule has 3 heterocycles. The van der Waals surface area contributed by atoms with Crippen molar-refractivity contribution >= 4 is 28.7 Å². The Bertz CT molecular complexity index is 952. The number of rotatable bonds is 5. The van der Waals surface area contributed by atoms with Crippen LogP contribution in [-0.2, 0) is 4.79 Å². The van der Waals surface area contributed by atoms with Gasteiger partial charge in [-0.2, -0.15) is 5.10 Å². The third-order valence-electron chi connectivity index (χ3n) is 5.10. The lowest BCUT2D eigenvalue weighted by molar-refractivity contribution is -0.132. The third-order valence-corrected chi connectivity index (χ3v) is 6.20. The van der Waals surface area contributed by atoms with E-state index >= 15 is 0 Å². The zero-order chi connectivity index (χ0) is 19.5. The van der Waals surface area contributed by atoms with Crippen molar-refractivity contribution in [3.05, 3.63) is 42.9 Å². The van der Waals surface area contributed by atoms with E-state index in [4.69, 9.17) is 0 Å². The lowest BCUT2D eigenvalue weighted by atomic mass is 10.3. The SMILES string of the molecule is CCN1CCN(C(=O)C(C)Sc2ncnc3c2cnn3-c2ccccc2)CC1. The van der Waals surface area contributed by atoms with Crippen LogP contribution in [0.25, 0.3) is 16.7 Å². The lowest BCUT2D eigenvalue weighted by Crippen LogP contribution is -2.50. The Morgan fingerprint density at radius 3 is 2.61 bits per heavy atom. The summed E-state index contributed by atoms with van der Waals surface area (Å²) in [5.74, 6) is 0.169. The Balaban J connectivity index is 1.52. The highest BCUT2D eigenvalue weighted by Crippen LogP contribution is 2.29. The first-order valence-electron chi connectivity index (χ1n) is 9.59. The second kappa shape index (κ2) is 8.28. The molecule has 1 saturated heterocycles. The topological polar surface area (TPSA) is 67.2 Å². The number of likely N-dealkylation sites (N-methyl/N-ethyl adjacent to an activating group) is 1. The molecule has 7 nitrogen and oxygen atoms in total. The maximum Gasteiger partial charge on any atom is 0.235 e. The van der Waals surface area contributed by atoms with Crippen molar-refractivity contribution in [2.45, 2.75) is 24.1 Å². The van der Waals surface area contributed by atoms with Gasteiger partial charge < -0.3 is 9.80 Å². The Kier molecular flexibility index (Phi) is 5.59.